The number of cyclic esters (lactones) is 1. The number of carbonyl (C=O) groups is 5. The number of fused-ring (bicyclic) bond motifs is 3. The lowest BCUT2D eigenvalue weighted by molar-refractivity contribution is -0.302. The maximum atomic E-state index is 14.5. The summed E-state index contributed by atoms with van der Waals surface area (Å²) in [5, 5.41) is 35.5. The molecule has 3 N–H and O–H groups in total. The van der Waals surface area contributed by atoms with E-state index in [2.05, 4.69) is 4.90 Å². The molecule has 374 valence electrons. The van der Waals surface area contributed by atoms with E-state index in [1.54, 1.807) is 45.8 Å². The van der Waals surface area contributed by atoms with Crippen LogP contribution in [0.2, 0.25) is 0 Å². The van der Waals surface area contributed by atoms with Crippen LogP contribution in [0.5, 0.6) is 0 Å². The number of allylic oxidation sites excluding steroid dienone is 2. The highest BCUT2D eigenvalue weighted by molar-refractivity contribution is 6.39. The highest BCUT2D eigenvalue weighted by Gasteiger charge is 2.57. The molecule has 0 unspecified atom stereocenters. The van der Waals surface area contributed by atoms with Gasteiger partial charge in [0, 0.05) is 78.2 Å². The molecular formula is C49H79N3O14. The number of carbonyl (C=O) groups excluding carboxylic acids is 5. The number of hydrogen-bond donors (Lipinski definition) is 3. The third-order valence-electron chi connectivity index (χ3n) is 15.2. The average molecular weight is 934 g/mol. The molecule has 15 atom stereocenters. The summed E-state index contributed by atoms with van der Waals surface area (Å²) in [6.45, 7) is 13.3. The standard InChI is InChI=1S/C49H79N3O14/c1-11-34-23-28(2)42(55)29(3)24-40(62-9)44-41(63-10)25-31(5)49(60,66-44)45(56)46(57)52-17-13-12-14-35(52)47(58)65-43(32(6)36(53)27-37(34)54)30(4)22-33-15-16-38(39(26-33)61-8)64-48(59)51-20-18-50(7)19-21-51/h22-23,29,31-36,38-44,53,55,60H,11-21,24-27H2,1-10H3/b28-23+,30-22+/t29-,31-,32-,33+,34-,35+,36+,38-,39-,40+,41+,42-,43-,44-,49-/m1/s1. The van der Waals surface area contributed by atoms with Crippen molar-refractivity contribution in [3.05, 3.63) is 23.3 Å². The van der Waals surface area contributed by atoms with Gasteiger partial charge in [-0.2, -0.15) is 0 Å². The van der Waals surface area contributed by atoms with Crippen LogP contribution >= 0.6 is 0 Å². The largest absolute Gasteiger partial charge is 0.456 e. The fourth-order valence-electron chi connectivity index (χ4n) is 10.6. The predicted octanol–water partition coefficient (Wildman–Crippen LogP) is 3.84. The fraction of sp³-hybridized carbons (Fsp3) is 0.816. The molecule has 0 radical (unpaired) electrons. The number of aliphatic hydroxyl groups excluding tert-OH is 2. The number of nitrogens with zero attached hydrogens (tertiary/aromatic N) is 3. The van der Waals surface area contributed by atoms with E-state index in [1.165, 1.54) is 14.2 Å². The molecule has 0 aromatic carbocycles. The number of piperazine rings is 1. The molecule has 4 aliphatic heterocycles. The van der Waals surface area contributed by atoms with E-state index < -0.39 is 102 Å². The molecule has 17 heteroatoms. The lowest BCUT2D eigenvalue weighted by atomic mass is 9.81. The van der Waals surface area contributed by atoms with E-state index >= 15 is 0 Å². The third-order valence-corrected chi connectivity index (χ3v) is 15.2. The summed E-state index contributed by atoms with van der Waals surface area (Å²) in [5.41, 5.74) is 1.16. The molecule has 1 aliphatic carbocycles. The Morgan fingerprint density at radius 3 is 2.17 bits per heavy atom. The molecule has 0 spiro atoms. The fourth-order valence-corrected chi connectivity index (χ4v) is 10.6. The van der Waals surface area contributed by atoms with Gasteiger partial charge in [-0.15, -0.1) is 0 Å². The van der Waals surface area contributed by atoms with Crippen LogP contribution in [-0.2, 0) is 47.6 Å². The Labute approximate surface area is 391 Å². The number of rotatable bonds is 7. The van der Waals surface area contributed by atoms with Crippen molar-refractivity contribution < 1.29 is 67.7 Å². The zero-order valence-corrected chi connectivity index (χ0v) is 41.0. The molecule has 0 aromatic heterocycles. The number of amides is 2. The maximum absolute atomic E-state index is 14.5. The smallest absolute Gasteiger partial charge is 0.410 e. The van der Waals surface area contributed by atoms with Crippen molar-refractivity contribution in [3.8, 4) is 0 Å². The summed E-state index contributed by atoms with van der Waals surface area (Å²) in [4.78, 5) is 75.4. The summed E-state index contributed by atoms with van der Waals surface area (Å²) >= 11 is 0. The average Bonchev–Trinajstić information content (AvgIpc) is 3.31. The van der Waals surface area contributed by atoms with E-state index in [-0.39, 0.29) is 50.0 Å². The van der Waals surface area contributed by atoms with Crippen LogP contribution < -0.4 is 0 Å². The van der Waals surface area contributed by atoms with Crippen LogP contribution in [0, 0.1) is 29.6 Å². The van der Waals surface area contributed by atoms with Gasteiger partial charge >= 0.3 is 12.1 Å². The summed E-state index contributed by atoms with van der Waals surface area (Å²) < 4.78 is 36.1. The molecule has 17 nitrogen and oxygen atoms in total. The van der Waals surface area contributed by atoms with Crippen molar-refractivity contribution in [1.82, 2.24) is 14.7 Å². The topological polar surface area (TPSA) is 211 Å². The maximum Gasteiger partial charge on any atom is 0.410 e. The van der Waals surface area contributed by atoms with E-state index in [4.69, 9.17) is 28.4 Å². The number of aliphatic hydroxyl groups is 3. The predicted molar refractivity (Wildman–Crippen MR) is 243 cm³/mol. The van der Waals surface area contributed by atoms with E-state index in [1.807, 2.05) is 27.0 Å². The minimum Gasteiger partial charge on any atom is -0.456 e. The molecule has 66 heavy (non-hydrogen) atoms. The second-order valence-corrected chi connectivity index (χ2v) is 19.8. The summed E-state index contributed by atoms with van der Waals surface area (Å²) in [6.07, 6.45) is 0.123. The van der Waals surface area contributed by atoms with Gasteiger partial charge in [-0.05, 0) is 102 Å². The van der Waals surface area contributed by atoms with Crippen LogP contribution in [0.1, 0.15) is 106 Å². The van der Waals surface area contributed by atoms with Crippen molar-refractivity contribution in [1.29, 1.82) is 0 Å². The molecule has 0 aromatic rings. The highest BCUT2D eigenvalue weighted by atomic mass is 16.7. The summed E-state index contributed by atoms with van der Waals surface area (Å²) in [6, 6.07) is -1.19. The van der Waals surface area contributed by atoms with Gasteiger partial charge in [0.1, 0.15) is 30.1 Å². The first-order chi connectivity index (χ1) is 31.3. The monoisotopic (exact) mass is 934 g/mol. The molecule has 5 aliphatic rings. The molecule has 4 fully saturated rings. The van der Waals surface area contributed by atoms with Crippen molar-refractivity contribution in [2.75, 3.05) is 61.1 Å². The molecule has 3 saturated heterocycles. The van der Waals surface area contributed by atoms with Gasteiger partial charge in [0.25, 0.3) is 11.7 Å². The molecular weight excluding hydrogens is 855 g/mol. The number of methoxy groups -OCH3 is 3. The number of ether oxygens (including phenoxy) is 6. The number of hydrogen-bond acceptors (Lipinski definition) is 15. The van der Waals surface area contributed by atoms with Crippen molar-refractivity contribution in [3.63, 3.8) is 0 Å². The van der Waals surface area contributed by atoms with Crippen LogP contribution in [0.4, 0.5) is 4.79 Å². The zero-order valence-electron chi connectivity index (χ0n) is 41.0. The first-order valence-corrected chi connectivity index (χ1v) is 24.2. The van der Waals surface area contributed by atoms with Crippen LogP contribution in [-0.4, -0.2) is 181 Å². The Hall–Kier alpha value is -3.29. The van der Waals surface area contributed by atoms with Crippen LogP contribution in [0.3, 0.4) is 0 Å². The Morgan fingerprint density at radius 1 is 0.879 bits per heavy atom. The van der Waals surface area contributed by atoms with Gasteiger partial charge in [0.05, 0.1) is 30.5 Å². The van der Waals surface area contributed by atoms with Crippen molar-refractivity contribution in [2.45, 2.75) is 166 Å². The first-order valence-electron chi connectivity index (χ1n) is 24.2. The summed E-state index contributed by atoms with van der Waals surface area (Å²) in [7, 11) is 6.54. The van der Waals surface area contributed by atoms with Gasteiger partial charge in [-0.3, -0.25) is 14.4 Å². The number of esters is 1. The third kappa shape index (κ3) is 12.5. The molecule has 1 saturated carbocycles. The van der Waals surface area contributed by atoms with Crippen molar-refractivity contribution in [2.24, 2.45) is 29.6 Å². The minimum atomic E-state index is -2.59. The Balaban J connectivity index is 1.47. The Bertz CT molecular complexity index is 1750. The number of piperidine rings is 1. The SMILES string of the molecule is CC[C@@H]1/C=C(\C)[C@@H](O)[C@H](C)C[C@H](OC)[C@H]2O[C@@](O)(C(=O)C(=O)N3CCCC[C@H]3C(=O)O[C@H](/C(C)=C/[C@@H]3CC[C@@H](OC(=O)N4CCN(C)CC4)[C@H](OC)C3)[C@H](C)[C@@H](O)CC1=O)[C@H](C)C[C@@H]2OC. The molecule has 2 amide bonds. The zero-order chi connectivity index (χ0) is 48.6. The van der Waals surface area contributed by atoms with Crippen LogP contribution in [0.25, 0.3) is 0 Å². The first kappa shape index (κ1) is 53.7. The normalized spacial score (nSPS) is 39.8. The number of likely N-dealkylation sites (N-methyl/N-ethyl adjacent to an activating group) is 1. The number of Topliss-reactive ketones (excluding diaryl/α,β-unsaturated/α-hetero) is 2. The number of ketones is 2. The van der Waals surface area contributed by atoms with E-state index in [9.17, 15) is 39.3 Å². The van der Waals surface area contributed by atoms with Crippen molar-refractivity contribution >= 4 is 29.5 Å². The molecule has 5 rings (SSSR count). The highest BCUT2D eigenvalue weighted by Crippen LogP contribution is 2.39. The van der Waals surface area contributed by atoms with E-state index in [0.29, 0.717) is 62.8 Å². The molecule has 4 heterocycles. The van der Waals surface area contributed by atoms with Gasteiger partial charge in [-0.1, -0.05) is 39.8 Å². The van der Waals surface area contributed by atoms with Gasteiger partial charge in [0.15, 0.2) is 0 Å². The minimum absolute atomic E-state index is 0.0486. The molecule has 2 bridgehead atoms. The second-order valence-electron chi connectivity index (χ2n) is 19.8. The summed E-state index contributed by atoms with van der Waals surface area (Å²) in [5.74, 6) is -8.80. The lowest BCUT2D eigenvalue weighted by Crippen LogP contribution is -2.64. The lowest BCUT2D eigenvalue weighted by Gasteiger charge is -2.47. The van der Waals surface area contributed by atoms with Gasteiger partial charge in [-0.25, -0.2) is 9.59 Å². The Morgan fingerprint density at radius 2 is 1.53 bits per heavy atom. The van der Waals surface area contributed by atoms with Gasteiger partial charge < -0.3 is 58.4 Å². The van der Waals surface area contributed by atoms with E-state index in [0.717, 1.165) is 18.0 Å². The van der Waals surface area contributed by atoms with Crippen LogP contribution in [0.15, 0.2) is 23.3 Å². The second kappa shape index (κ2) is 23.8. The Kier molecular flexibility index (Phi) is 19.4. The quantitative estimate of drug-likeness (QED) is 0.188. The van der Waals surface area contributed by atoms with Gasteiger partial charge in [0.2, 0.25) is 5.79 Å².